The molecule has 83 heavy (non-hydrogen) atoms. The lowest BCUT2D eigenvalue weighted by Gasteiger charge is -2.18. The fraction of sp³-hybridized carbons (Fsp3) is 0.545. The first kappa shape index (κ1) is 77.2. The van der Waals surface area contributed by atoms with Gasteiger partial charge in [-0.2, -0.15) is 0 Å². The van der Waals surface area contributed by atoms with E-state index in [-0.39, 0.29) is 44.0 Å². The van der Waals surface area contributed by atoms with Crippen molar-refractivity contribution < 1.29 is 28.6 Å². The molecule has 0 aromatic carbocycles. The lowest BCUT2D eigenvalue weighted by atomic mass is 10.1. The summed E-state index contributed by atoms with van der Waals surface area (Å²) >= 11 is 0. The zero-order chi connectivity index (χ0) is 59.9. The van der Waals surface area contributed by atoms with E-state index in [9.17, 15) is 14.4 Å². The van der Waals surface area contributed by atoms with Gasteiger partial charge in [-0.1, -0.05) is 267 Å². The van der Waals surface area contributed by atoms with E-state index < -0.39 is 6.10 Å². The SMILES string of the molecule is CC/C=C\C/C=C\C/C=C\C/C=C\C/C=C\C/C=C\C/C=C\C/C=C\C/C=C\C/C=C\CCCCC(=O)OCC(COC(=O)CCCCCCC/C=C\CCCCCCCC)OC(=O)CCC/C=C\C/C=C\C/C=C\C/C=C\C/C=C\CC. The third-order valence-electron chi connectivity index (χ3n) is 13.1. The van der Waals surface area contributed by atoms with Crippen molar-refractivity contribution in [3.05, 3.63) is 194 Å². The first-order chi connectivity index (χ1) is 41.0. The van der Waals surface area contributed by atoms with Crippen LogP contribution in [0.15, 0.2) is 194 Å². The van der Waals surface area contributed by atoms with Crippen LogP contribution in [0.5, 0.6) is 0 Å². The Morgan fingerprint density at radius 2 is 0.482 bits per heavy atom. The summed E-state index contributed by atoms with van der Waals surface area (Å²) in [5, 5.41) is 0. The van der Waals surface area contributed by atoms with Crippen molar-refractivity contribution in [1.29, 1.82) is 0 Å². The van der Waals surface area contributed by atoms with Gasteiger partial charge in [0.25, 0.3) is 0 Å². The lowest BCUT2D eigenvalue weighted by Crippen LogP contribution is -2.30. The summed E-state index contributed by atoms with van der Waals surface area (Å²) in [6.07, 6.45) is 104. The molecule has 1 atom stereocenters. The molecular formula is C77H118O6. The van der Waals surface area contributed by atoms with Gasteiger partial charge in [0.2, 0.25) is 0 Å². The molecule has 0 rings (SSSR count). The molecule has 0 radical (unpaired) electrons. The molecule has 6 heteroatoms. The molecule has 0 aliphatic heterocycles. The molecule has 0 heterocycles. The maximum atomic E-state index is 12.9. The molecule has 0 N–H and O–H groups in total. The molecule has 462 valence electrons. The number of unbranched alkanes of at least 4 members (excludes halogenated alkanes) is 14. The van der Waals surface area contributed by atoms with Crippen molar-refractivity contribution in [2.24, 2.45) is 0 Å². The highest BCUT2D eigenvalue weighted by atomic mass is 16.6. The van der Waals surface area contributed by atoms with Gasteiger partial charge in [0, 0.05) is 19.3 Å². The quantitative estimate of drug-likeness (QED) is 0.0261. The Morgan fingerprint density at radius 3 is 0.807 bits per heavy atom. The molecule has 0 saturated heterocycles. The van der Waals surface area contributed by atoms with Gasteiger partial charge in [-0.05, 0) is 161 Å². The number of rotatable bonds is 57. The maximum Gasteiger partial charge on any atom is 0.306 e. The fourth-order valence-corrected chi connectivity index (χ4v) is 8.21. The summed E-state index contributed by atoms with van der Waals surface area (Å²) in [4.78, 5) is 38.3. The molecule has 0 aliphatic rings. The van der Waals surface area contributed by atoms with Crippen molar-refractivity contribution in [2.45, 2.75) is 258 Å². The third kappa shape index (κ3) is 66.9. The van der Waals surface area contributed by atoms with Gasteiger partial charge in [-0.15, -0.1) is 0 Å². The van der Waals surface area contributed by atoms with Crippen LogP contribution in [-0.4, -0.2) is 37.2 Å². The molecule has 0 bridgehead atoms. The number of ether oxygens (including phenoxy) is 3. The summed E-state index contributed by atoms with van der Waals surface area (Å²) < 4.78 is 16.8. The van der Waals surface area contributed by atoms with E-state index in [4.69, 9.17) is 14.2 Å². The second-order valence-corrected chi connectivity index (χ2v) is 20.9. The zero-order valence-electron chi connectivity index (χ0n) is 52.9. The second-order valence-electron chi connectivity index (χ2n) is 20.9. The largest absolute Gasteiger partial charge is 0.462 e. The number of esters is 3. The zero-order valence-corrected chi connectivity index (χ0v) is 52.9. The number of hydrogen-bond acceptors (Lipinski definition) is 6. The van der Waals surface area contributed by atoms with Crippen molar-refractivity contribution in [3.8, 4) is 0 Å². The van der Waals surface area contributed by atoms with Crippen molar-refractivity contribution in [3.63, 3.8) is 0 Å². The van der Waals surface area contributed by atoms with E-state index in [0.717, 1.165) is 148 Å². The Labute approximate surface area is 509 Å². The van der Waals surface area contributed by atoms with Crippen LogP contribution in [0.4, 0.5) is 0 Å². The van der Waals surface area contributed by atoms with Gasteiger partial charge in [-0.3, -0.25) is 14.4 Å². The molecule has 6 nitrogen and oxygen atoms in total. The molecule has 1 unspecified atom stereocenters. The Morgan fingerprint density at radius 1 is 0.253 bits per heavy atom. The van der Waals surface area contributed by atoms with Crippen molar-refractivity contribution in [1.82, 2.24) is 0 Å². The predicted molar refractivity (Wildman–Crippen MR) is 361 cm³/mol. The smallest absolute Gasteiger partial charge is 0.306 e. The van der Waals surface area contributed by atoms with Gasteiger partial charge < -0.3 is 14.2 Å². The van der Waals surface area contributed by atoms with Crippen molar-refractivity contribution in [2.75, 3.05) is 13.2 Å². The number of carbonyl (C=O) groups is 3. The van der Waals surface area contributed by atoms with Gasteiger partial charge in [0.15, 0.2) is 6.10 Å². The lowest BCUT2D eigenvalue weighted by molar-refractivity contribution is -0.167. The highest BCUT2D eigenvalue weighted by Gasteiger charge is 2.19. The molecule has 0 amide bonds. The normalized spacial score (nSPS) is 13.4. The first-order valence-corrected chi connectivity index (χ1v) is 32.9. The fourth-order valence-electron chi connectivity index (χ4n) is 8.21. The van der Waals surface area contributed by atoms with Crippen LogP contribution in [0.1, 0.15) is 252 Å². The van der Waals surface area contributed by atoms with Crippen LogP contribution < -0.4 is 0 Å². The van der Waals surface area contributed by atoms with Gasteiger partial charge >= 0.3 is 17.9 Å². The number of carbonyl (C=O) groups excluding carboxylic acids is 3. The minimum atomic E-state index is -0.842. The first-order valence-electron chi connectivity index (χ1n) is 32.9. The van der Waals surface area contributed by atoms with Crippen LogP contribution >= 0.6 is 0 Å². The Balaban J connectivity index is 4.50. The van der Waals surface area contributed by atoms with Crippen LogP contribution in [0.25, 0.3) is 0 Å². The van der Waals surface area contributed by atoms with Crippen LogP contribution in [-0.2, 0) is 28.6 Å². The molecule has 0 aliphatic carbocycles. The van der Waals surface area contributed by atoms with E-state index >= 15 is 0 Å². The van der Waals surface area contributed by atoms with Gasteiger partial charge in [-0.25, -0.2) is 0 Å². The van der Waals surface area contributed by atoms with Gasteiger partial charge in [0.05, 0.1) is 0 Å². The average molecular weight is 1140 g/mol. The molecule has 0 aromatic heterocycles. The highest BCUT2D eigenvalue weighted by molar-refractivity contribution is 5.71. The summed E-state index contributed by atoms with van der Waals surface area (Å²) in [5.74, 6) is -1.05. The summed E-state index contributed by atoms with van der Waals surface area (Å²) in [6, 6.07) is 0. The monoisotopic (exact) mass is 1140 g/mol. The molecule has 0 aromatic rings. The average Bonchev–Trinajstić information content (AvgIpc) is 3.49. The maximum absolute atomic E-state index is 12.9. The summed E-state index contributed by atoms with van der Waals surface area (Å²) in [6.45, 7) is 6.30. The van der Waals surface area contributed by atoms with E-state index in [1.165, 1.54) is 51.4 Å². The Bertz CT molecular complexity index is 1990. The molecular weight excluding hydrogens is 1020 g/mol. The van der Waals surface area contributed by atoms with E-state index in [1.807, 2.05) is 0 Å². The topological polar surface area (TPSA) is 78.9 Å². The number of hydrogen-bond donors (Lipinski definition) is 0. The standard InChI is InChI=1S/C77H118O6/c1-4-7-10-13-16-19-22-25-28-30-31-32-33-34-35-36-37-38-39-40-41-42-43-44-45-47-49-52-55-58-61-64-67-70-76(79)82-73-74(72-81-75(78)69-66-63-60-57-54-51-48-27-24-21-18-15-12-9-6-3)83-77(80)71-68-65-62-59-56-53-50-46-29-26-23-20-17-14-11-8-5-2/h7-8,10-11,16-17,19-20,25-29,31-32,34-35,37-38,40-41,43-44,47-50,53,55,58-59,62,74H,4-6,9,12-15,18,21-24,30,33,36,39,42,45-46,51-52,54,56-57,60-61,63-73H2,1-3H3/b10-7-,11-8-,19-16-,20-17-,28-25-,29-26-,32-31-,35-34-,38-37-,41-40-,44-43-,48-27-,49-47-,53-50-,58-55-,62-59-. The van der Waals surface area contributed by atoms with Crippen LogP contribution in [0.3, 0.4) is 0 Å². The summed E-state index contributed by atoms with van der Waals surface area (Å²) in [5.41, 5.74) is 0. The molecule has 0 spiro atoms. The summed E-state index contributed by atoms with van der Waals surface area (Å²) in [7, 11) is 0. The molecule has 0 fully saturated rings. The van der Waals surface area contributed by atoms with Crippen LogP contribution in [0, 0.1) is 0 Å². The predicted octanol–water partition coefficient (Wildman–Crippen LogP) is 23.0. The van der Waals surface area contributed by atoms with E-state index in [2.05, 4.69) is 215 Å². The second kappa shape index (κ2) is 68.7. The minimum Gasteiger partial charge on any atom is -0.462 e. The van der Waals surface area contributed by atoms with Gasteiger partial charge in [0.1, 0.15) is 13.2 Å². The van der Waals surface area contributed by atoms with E-state index in [0.29, 0.717) is 19.3 Å². The van der Waals surface area contributed by atoms with E-state index in [1.54, 1.807) is 0 Å². The molecule has 0 saturated carbocycles. The Kier molecular flexibility index (Phi) is 64.0. The van der Waals surface area contributed by atoms with Crippen LogP contribution in [0.2, 0.25) is 0 Å². The Hall–Kier alpha value is -5.75. The minimum absolute atomic E-state index is 0.128. The third-order valence-corrected chi connectivity index (χ3v) is 13.1. The number of allylic oxidation sites excluding steroid dienone is 32. The van der Waals surface area contributed by atoms with Crippen molar-refractivity contribution >= 4 is 17.9 Å². The highest BCUT2D eigenvalue weighted by Crippen LogP contribution is 2.13.